The third kappa shape index (κ3) is 4.79. The van der Waals surface area contributed by atoms with Crippen LogP contribution in [0, 0.1) is 18.7 Å². The van der Waals surface area contributed by atoms with E-state index in [1.165, 1.54) is 21.3 Å². The molecule has 0 N–H and O–H groups in total. The van der Waals surface area contributed by atoms with E-state index in [4.69, 9.17) is 11.6 Å². The summed E-state index contributed by atoms with van der Waals surface area (Å²) in [6.45, 7) is 2.53. The number of amides is 1. The third-order valence-electron chi connectivity index (χ3n) is 5.30. The number of piperidine rings is 1. The summed E-state index contributed by atoms with van der Waals surface area (Å²) in [5, 5.41) is 0.281. The first-order valence-corrected chi connectivity index (χ1v) is 11.3. The third-order valence-corrected chi connectivity index (χ3v) is 7.56. The molecule has 29 heavy (non-hydrogen) atoms. The number of carbonyl (C=O) groups is 1. The van der Waals surface area contributed by atoms with Gasteiger partial charge >= 0.3 is 0 Å². The summed E-state index contributed by atoms with van der Waals surface area (Å²) in [4.78, 5) is 14.5. The zero-order chi connectivity index (χ0) is 21.2. The fourth-order valence-corrected chi connectivity index (χ4v) is 5.21. The Morgan fingerprint density at radius 1 is 1.17 bits per heavy atom. The number of hydrogen-bond donors (Lipinski definition) is 0. The first-order chi connectivity index (χ1) is 13.7. The molecule has 0 bridgehead atoms. The molecule has 156 valence electrons. The van der Waals surface area contributed by atoms with Gasteiger partial charge in [-0.1, -0.05) is 35.4 Å². The Kier molecular flexibility index (Phi) is 6.61. The van der Waals surface area contributed by atoms with Gasteiger partial charge in [-0.3, -0.25) is 4.79 Å². The average molecular weight is 439 g/mol. The van der Waals surface area contributed by atoms with Crippen molar-refractivity contribution in [2.75, 3.05) is 20.1 Å². The highest BCUT2D eigenvalue weighted by atomic mass is 35.5. The van der Waals surface area contributed by atoms with Crippen LogP contribution in [0.4, 0.5) is 4.39 Å². The quantitative estimate of drug-likeness (QED) is 0.712. The molecule has 0 radical (unpaired) electrons. The second kappa shape index (κ2) is 8.81. The van der Waals surface area contributed by atoms with Crippen molar-refractivity contribution < 1.29 is 17.6 Å². The summed E-state index contributed by atoms with van der Waals surface area (Å²) in [7, 11) is -1.95. The molecule has 2 aromatic carbocycles. The van der Waals surface area contributed by atoms with Crippen LogP contribution in [-0.4, -0.2) is 43.7 Å². The summed E-state index contributed by atoms with van der Waals surface area (Å²) in [6, 6.07) is 11.2. The molecular weight excluding hydrogens is 415 g/mol. The van der Waals surface area contributed by atoms with Gasteiger partial charge in [0, 0.05) is 43.2 Å². The Bertz CT molecular complexity index is 967. The van der Waals surface area contributed by atoms with Gasteiger partial charge < -0.3 is 4.90 Å². The van der Waals surface area contributed by atoms with Crippen LogP contribution < -0.4 is 0 Å². The molecular formula is C21H24ClFN2O3S. The number of rotatable bonds is 5. The molecule has 3 rings (SSSR count). The van der Waals surface area contributed by atoms with Gasteiger partial charge in [-0.2, -0.15) is 4.31 Å². The van der Waals surface area contributed by atoms with E-state index in [-0.39, 0.29) is 46.9 Å². The van der Waals surface area contributed by atoms with E-state index in [1.54, 1.807) is 37.4 Å². The number of nitrogens with zero attached hydrogens (tertiary/aromatic N) is 2. The molecule has 1 saturated heterocycles. The Morgan fingerprint density at radius 2 is 1.79 bits per heavy atom. The Morgan fingerprint density at radius 3 is 2.38 bits per heavy atom. The molecule has 0 unspecified atom stereocenters. The number of sulfonamides is 1. The Labute approximate surface area is 176 Å². The van der Waals surface area contributed by atoms with Crippen LogP contribution in [-0.2, 0) is 21.4 Å². The number of aryl methyl sites for hydroxylation is 1. The van der Waals surface area contributed by atoms with Gasteiger partial charge in [-0.25, -0.2) is 12.8 Å². The molecule has 1 fully saturated rings. The minimum atomic E-state index is -3.57. The summed E-state index contributed by atoms with van der Waals surface area (Å²) in [5.74, 6) is -0.872. The minimum absolute atomic E-state index is 0.0756. The van der Waals surface area contributed by atoms with Crippen LogP contribution in [0.25, 0.3) is 0 Å². The van der Waals surface area contributed by atoms with Crippen molar-refractivity contribution in [2.24, 2.45) is 5.92 Å². The van der Waals surface area contributed by atoms with Gasteiger partial charge in [0.2, 0.25) is 15.9 Å². The average Bonchev–Trinajstić information content (AvgIpc) is 2.70. The maximum Gasteiger partial charge on any atom is 0.243 e. The van der Waals surface area contributed by atoms with Crippen molar-refractivity contribution in [3.05, 3.63) is 64.4 Å². The van der Waals surface area contributed by atoms with Crippen LogP contribution in [0.2, 0.25) is 5.02 Å². The monoisotopic (exact) mass is 438 g/mol. The van der Waals surface area contributed by atoms with Gasteiger partial charge in [-0.05, 0) is 44.0 Å². The largest absolute Gasteiger partial charge is 0.341 e. The lowest BCUT2D eigenvalue weighted by atomic mass is 9.96. The number of carbonyl (C=O) groups excluding carboxylic acids is 1. The van der Waals surface area contributed by atoms with Crippen LogP contribution >= 0.6 is 11.6 Å². The van der Waals surface area contributed by atoms with Crippen molar-refractivity contribution in [1.82, 2.24) is 9.21 Å². The molecule has 5 nitrogen and oxygen atoms in total. The highest BCUT2D eigenvalue weighted by molar-refractivity contribution is 7.89. The van der Waals surface area contributed by atoms with Crippen molar-refractivity contribution >= 4 is 27.5 Å². The molecule has 1 heterocycles. The minimum Gasteiger partial charge on any atom is -0.341 e. The van der Waals surface area contributed by atoms with E-state index in [0.717, 1.165) is 5.56 Å². The lowest BCUT2D eigenvalue weighted by Gasteiger charge is -2.32. The van der Waals surface area contributed by atoms with E-state index in [2.05, 4.69) is 0 Å². The molecule has 1 aliphatic rings. The predicted octanol–water partition coefficient (Wildman–Crippen LogP) is 3.85. The molecule has 0 aromatic heterocycles. The summed E-state index contributed by atoms with van der Waals surface area (Å²) in [6.07, 6.45) is 0.860. The maximum atomic E-state index is 14.0. The van der Waals surface area contributed by atoms with Crippen LogP contribution in [0.1, 0.15) is 24.0 Å². The van der Waals surface area contributed by atoms with E-state index in [1.807, 2.05) is 6.92 Å². The van der Waals surface area contributed by atoms with Crippen molar-refractivity contribution in [2.45, 2.75) is 31.2 Å². The standard InChI is InChI=1S/C21H24ClFN2O3S/c1-15-6-8-17(9-7-15)29(27,28)25-12-10-16(11-13-25)21(26)24(2)14-18-19(22)4-3-5-20(18)23/h3-9,16H,10-14H2,1-2H3. The van der Waals surface area contributed by atoms with Crippen molar-refractivity contribution in [1.29, 1.82) is 0 Å². The molecule has 1 aliphatic heterocycles. The summed E-state index contributed by atoms with van der Waals surface area (Å²) >= 11 is 6.05. The first kappa shape index (κ1) is 21.7. The molecule has 0 aliphatic carbocycles. The van der Waals surface area contributed by atoms with Crippen molar-refractivity contribution in [3.8, 4) is 0 Å². The van der Waals surface area contributed by atoms with E-state index in [9.17, 15) is 17.6 Å². The van der Waals surface area contributed by atoms with Crippen LogP contribution in [0.15, 0.2) is 47.4 Å². The molecule has 0 spiro atoms. The highest BCUT2D eigenvalue weighted by Gasteiger charge is 2.33. The molecule has 0 atom stereocenters. The second-order valence-corrected chi connectivity index (χ2v) is 9.73. The van der Waals surface area contributed by atoms with Crippen LogP contribution in [0.3, 0.4) is 0 Å². The van der Waals surface area contributed by atoms with Crippen molar-refractivity contribution in [3.63, 3.8) is 0 Å². The molecule has 2 aromatic rings. The summed E-state index contributed by atoms with van der Waals surface area (Å²) < 4.78 is 41.0. The zero-order valence-electron chi connectivity index (χ0n) is 16.4. The fraction of sp³-hybridized carbons (Fsp3) is 0.381. The van der Waals surface area contributed by atoms with Gasteiger partial charge in [0.15, 0.2) is 0 Å². The topological polar surface area (TPSA) is 57.7 Å². The van der Waals surface area contributed by atoms with E-state index >= 15 is 0 Å². The molecule has 1 amide bonds. The van der Waals surface area contributed by atoms with Crippen LogP contribution in [0.5, 0.6) is 0 Å². The normalized spacial score (nSPS) is 16.0. The number of benzene rings is 2. The SMILES string of the molecule is Cc1ccc(S(=O)(=O)N2CCC(C(=O)N(C)Cc3c(F)cccc3Cl)CC2)cc1. The predicted molar refractivity (Wildman–Crippen MR) is 111 cm³/mol. The highest BCUT2D eigenvalue weighted by Crippen LogP contribution is 2.26. The zero-order valence-corrected chi connectivity index (χ0v) is 18.0. The van der Waals surface area contributed by atoms with E-state index < -0.39 is 15.8 Å². The van der Waals surface area contributed by atoms with Gasteiger partial charge in [0.1, 0.15) is 5.82 Å². The second-order valence-electron chi connectivity index (χ2n) is 7.39. The Hall–Kier alpha value is -1.96. The number of halogens is 2. The molecule has 0 saturated carbocycles. The first-order valence-electron chi connectivity index (χ1n) is 9.45. The van der Waals surface area contributed by atoms with Gasteiger partial charge in [0.25, 0.3) is 0 Å². The molecule has 8 heteroatoms. The smallest absolute Gasteiger partial charge is 0.243 e. The lowest BCUT2D eigenvalue weighted by Crippen LogP contribution is -2.43. The summed E-state index contributed by atoms with van der Waals surface area (Å²) in [5.41, 5.74) is 1.27. The number of hydrogen-bond acceptors (Lipinski definition) is 3. The van der Waals surface area contributed by atoms with Gasteiger partial charge in [-0.15, -0.1) is 0 Å². The maximum absolute atomic E-state index is 14.0. The van der Waals surface area contributed by atoms with E-state index in [0.29, 0.717) is 12.8 Å². The lowest BCUT2D eigenvalue weighted by molar-refractivity contribution is -0.135. The van der Waals surface area contributed by atoms with Gasteiger partial charge in [0.05, 0.1) is 4.90 Å². The fourth-order valence-electron chi connectivity index (χ4n) is 3.51. The Balaban J connectivity index is 1.62.